The summed E-state index contributed by atoms with van der Waals surface area (Å²) in [5, 5.41) is 29.8. The summed E-state index contributed by atoms with van der Waals surface area (Å²) in [5.74, 6) is -1.92. The molecule has 0 bridgehead atoms. The van der Waals surface area contributed by atoms with Crippen LogP contribution in [0, 0.1) is 5.92 Å². The van der Waals surface area contributed by atoms with E-state index in [0.29, 0.717) is 12.2 Å². The second-order valence-corrected chi connectivity index (χ2v) is 9.16. The number of benzene rings is 2. The van der Waals surface area contributed by atoms with Gasteiger partial charge in [-0.2, -0.15) is 0 Å². The lowest BCUT2D eigenvalue weighted by molar-refractivity contribution is -0.00482. The Morgan fingerprint density at radius 2 is 1.22 bits per heavy atom. The van der Waals surface area contributed by atoms with Crippen LogP contribution in [-0.4, -0.2) is 71.4 Å². The molecule has 0 heterocycles. The summed E-state index contributed by atoms with van der Waals surface area (Å²) in [6, 6.07) is 9.64. The second-order valence-electron chi connectivity index (χ2n) is 9.16. The van der Waals surface area contributed by atoms with E-state index in [0.717, 1.165) is 0 Å². The van der Waals surface area contributed by atoms with Crippen LogP contribution in [0.25, 0.3) is 0 Å². The highest BCUT2D eigenvalue weighted by atomic mass is 16.6. The first kappa shape index (κ1) is 29.6. The van der Waals surface area contributed by atoms with Crippen molar-refractivity contribution in [2.24, 2.45) is 5.92 Å². The van der Waals surface area contributed by atoms with Gasteiger partial charge in [0.2, 0.25) is 0 Å². The largest absolute Gasteiger partial charge is 0.507 e. The van der Waals surface area contributed by atoms with Gasteiger partial charge in [-0.15, -0.1) is 0 Å². The van der Waals surface area contributed by atoms with Gasteiger partial charge in [-0.1, -0.05) is 13.8 Å². The van der Waals surface area contributed by atoms with Gasteiger partial charge in [0.15, 0.2) is 0 Å². The number of hydrogen-bond acceptors (Lipinski definition) is 10. The van der Waals surface area contributed by atoms with Gasteiger partial charge in [-0.05, 0) is 62.6 Å². The molecular weight excluding hydrogens is 484 g/mol. The monoisotopic (exact) mass is 518 g/mol. The topological polar surface area (TPSA) is 149 Å². The minimum atomic E-state index is -1.30. The average Bonchev–Trinajstić information content (AvgIpc) is 2.83. The molecule has 10 heteroatoms. The molecule has 2 atom stereocenters. The number of aromatic hydroxyl groups is 1. The van der Waals surface area contributed by atoms with Gasteiger partial charge in [0, 0.05) is 6.07 Å². The molecule has 0 aliphatic heterocycles. The van der Waals surface area contributed by atoms with Crippen molar-refractivity contribution in [3.8, 4) is 11.5 Å². The summed E-state index contributed by atoms with van der Waals surface area (Å²) in [5.41, 5.74) is 0.231. The number of carbonyl (C=O) groups is 3. The molecule has 0 aliphatic carbocycles. The van der Waals surface area contributed by atoms with Crippen molar-refractivity contribution >= 4 is 17.9 Å². The first-order valence-electron chi connectivity index (χ1n) is 11.9. The first-order valence-corrected chi connectivity index (χ1v) is 11.9. The molecule has 202 valence electrons. The van der Waals surface area contributed by atoms with Crippen molar-refractivity contribution in [1.82, 2.24) is 0 Å². The zero-order valence-corrected chi connectivity index (χ0v) is 21.4. The Morgan fingerprint density at radius 3 is 1.68 bits per heavy atom. The van der Waals surface area contributed by atoms with E-state index in [1.54, 1.807) is 0 Å². The fourth-order valence-corrected chi connectivity index (χ4v) is 3.19. The van der Waals surface area contributed by atoms with Crippen LogP contribution in [0.3, 0.4) is 0 Å². The van der Waals surface area contributed by atoms with Crippen LogP contribution >= 0.6 is 0 Å². The number of phenols is 1. The maximum absolute atomic E-state index is 12.2. The van der Waals surface area contributed by atoms with Crippen molar-refractivity contribution in [3.05, 3.63) is 59.2 Å². The zero-order valence-electron chi connectivity index (χ0n) is 21.4. The third-order valence-corrected chi connectivity index (χ3v) is 4.88. The number of phenolic OH excluding ortho intramolecular Hbond substituents is 1. The Labute approximate surface area is 215 Å². The Balaban J connectivity index is 1.78. The highest BCUT2D eigenvalue weighted by Gasteiger charge is 2.18. The molecule has 0 saturated heterocycles. The normalized spacial score (nSPS) is 12.6. The molecule has 2 aromatic carbocycles. The summed E-state index contributed by atoms with van der Waals surface area (Å²) in [4.78, 5) is 36.5. The van der Waals surface area contributed by atoms with Gasteiger partial charge in [0.05, 0.1) is 23.3 Å². The van der Waals surface area contributed by atoms with Crippen molar-refractivity contribution in [2.75, 3.05) is 19.8 Å². The molecular formula is C27H34O10. The van der Waals surface area contributed by atoms with Crippen LogP contribution in [0.15, 0.2) is 42.5 Å². The Bertz CT molecular complexity index is 1050. The minimum Gasteiger partial charge on any atom is -0.507 e. The van der Waals surface area contributed by atoms with Crippen LogP contribution in [0.4, 0.5) is 0 Å². The smallest absolute Gasteiger partial charge is 0.342 e. The molecule has 10 nitrogen and oxygen atoms in total. The van der Waals surface area contributed by atoms with Crippen LogP contribution < -0.4 is 4.74 Å². The molecule has 3 N–H and O–H groups in total. The van der Waals surface area contributed by atoms with Crippen molar-refractivity contribution in [1.29, 1.82) is 0 Å². The number of esters is 3. The summed E-state index contributed by atoms with van der Waals surface area (Å²) in [6.07, 6.45) is -1.65. The standard InChI is InChI=1S/C27H34O10/c1-16(2)11-20(28)13-34-25(31)18-5-7-19(8-6-18)26(32)35-14-21(29)15-36-27(33)23-10-9-22(12-24(23)30)37-17(3)4/h5-10,12,16-17,20-21,28-30H,11,13-15H2,1-4H3. The van der Waals surface area contributed by atoms with Gasteiger partial charge >= 0.3 is 17.9 Å². The lowest BCUT2D eigenvalue weighted by atomic mass is 10.1. The number of ether oxygens (including phenoxy) is 4. The number of aliphatic hydroxyl groups excluding tert-OH is 2. The molecule has 0 amide bonds. The van der Waals surface area contributed by atoms with Crippen LogP contribution in [-0.2, 0) is 14.2 Å². The maximum atomic E-state index is 12.2. The second kappa shape index (κ2) is 14.2. The Kier molecular flexibility index (Phi) is 11.4. The third kappa shape index (κ3) is 10.1. The SMILES string of the molecule is CC(C)CC(O)COC(=O)c1ccc(C(=O)OCC(O)COC(=O)c2ccc(OC(C)C)cc2O)cc1. The fraction of sp³-hybridized carbons (Fsp3) is 0.444. The van der Waals surface area contributed by atoms with Crippen molar-refractivity contribution in [3.63, 3.8) is 0 Å². The van der Waals surface area contributed by atoms with Gasteiger partial charge < -0.3 is 34.3 Å². The molecule has 0 fully saturated rings. The molecule has 0 saturated carbocycles. The first-order chi connectivity index (χ1) is 17.5. The predicted molar refractivity (Wildman–Crippen MR) is 133 cm³/mol. The van der Waals surface area contributed by atoms with E-state index in [4.69, 9.17) is 18.9 Å². The number of hydrogen-bond donors (Lipinski definition) is 3. The number of carbonyl (C=O) groups excluding carboxylic acids is 3. The van der Waals surface area contributed by atoms with E-state index in [9.17, 15) is 29.7 Å². The van der Waals surface area contributed by atoms with Gasteiger partial charge in [-0.3, -0.25) is 0 Å². The van der Waals surface area contributed by atoms with Crippen molar-refractivity contribution in [2.45, 2.75) is 52.4 Å². The van der Waals surface area contributed by atoms with Gasteiger partial charge in [0.1, 0.15) is 43.0 Å². The molecule has 2 aromatic rings. The van der Waals surface area contributed by atoms with E-state index in [1.807, 2.05) is 27.7 Å². The van der Waals surface area contributed by atoms with Gasteiger partial charge in [-0.25, -0.2) is 14.4 Å². The Morgan fingerprint density at radius 1 is 0.730 bits per heavy atom. The highest BCUT2D eigenvalue weighted by Crippen LogP contribution is 2.25. The highest BCUT2D eigenvalue weighted by molar-refractivity contribution is 5.93. The van der Waals surface area contributed by atoms with E-state index in [2.05, 4.69) is 0 Å². The average molecular weight is 519 g/mol. The van der Waals surface area contributed by atoms with E-state index in [-0.39, 0.29) is 41.1 Å². The Hall–Kier alpha value is -3.63. The molecule has 2 unspecified atom stereocenters. The minimum absolute atomic E-state index is 0.103. The predicted octanol–water partition coefficient (Wildman–Crippen LogP) is 3.12. The number of aliphatic hydroxyl groups is 2. The van der Waals surface area contributed by atoms with Crippen LogP contribution in [0.5, 0.6) is 11.5 Å². The third-order valence-electron chi connectivity index (χ3n) is 4.88. The molecule has 0 aliphatic rings. The van der Waals surface area contributed by atoms with E-state index < -0.39 is 43.3 Å². The number of rotatable bonds is 13. The molecule has 2 rings (SSSR count). The van der Waals surface area contributed by atoms with Crippen molar-refractivity contribution < 1.29 is 48.7 Å². The van der Waals surface area contributed by atoms with Gasteiger partial charge in [0.25, 0.3) is 0 Å². The zero-order chi connectivity index (χ0) is 27.5. The lowest BCUT2D eigenvalue weighted by Crippen LogP contribution is -2.25. The van der Waals surface area contributed by atoms with Crippen LogP contribution in [0.1, 0.15) is 65.2 Å². The summed E-state index contributed by atoms with van der Waals surface area (Å²) < 4.78 is 20.5. The molecule has 0 spiro atoms. The molecule has 37 heavy (non-hydrogen) atoms. The quantitative estimate of drug-likeness (QED) is 0.267. The summed E-state index contributed by atoms with van der Waals surface area (Å²) >= 11 is 0. The van der Waals surface area contributed by atoms with E-state index >= 15 is 0 Å². The molecule has 0 radical (unpaired) electrons. The van der Waals surface area contributed by atoms with Crippen LogP contribution in [0.2, 0.25) is 0 Å². The summed E-state index contributed by atoms with van der Waals surface area (Å²) in [6.45, 7) is 6.50. The fourth-order valence-electron chi connectivity index (χ4n) is 3.19. The maximum Gasteiger partial charge on any atom is 0.342 e. The summed E-state index contributed by atoms with van der Waals surface area (Å²) in [7, 11) is 0. The molecule has 0 aromatic heterocycles. The lowest BCUT2D eigenvalue weighted by Gasteiger charge is -2.14. The van der Waals surface area contributed by atoms with E-state index in [1.165, 1.54) is 42.5 Å².